The first-order valence-corrected chi connectivity index (χ1v) is 10.0. The minimum Gasteiger partial charge on any atom is -0.493 e. The van der Waals surface area contributed by atoms with Crippen molar-refractivity contribution in [2.45, 2.75) is 13.1 Å². The van der Waals surface area contributed by atoms with Crippen LogP contribution in [0.15, 0.2) is 42.6 Å². The molecule has 1 heterocycles. The summed E-state index contributed by atoms with van der Waals surface area (Å²) in [5, 5.41) is 2.68. The van der Waals surface area contributed by atoms with E-state index in [2.05, 4.69) is 10.3 Å². The molecule has 0 unspecified atom stereocenters. The SMILES string of the molecule is COc1ccc(CN(CC(=O)NCc2ccccn2)S(C)(=O)=O)cc1OC. The molecule has 0 saturated heterocycles. The number of pyridine rings is 1. The molecule has 9 heteroatoms. The minimum absolute atomic E-state index is 0.0379. The smallest absolute Gasteiger partial charge is 0.235 e. The van der Waals surface area contributed by atoms with E-state index >= 15 is 0 Å². The third kappa shape index (κ3) is 6.22. The van der Waals surface area contributed by atoms with Gasteiger partial charge in [0.25, 0.3) is 0 Å². The number of benzene rings is 1. The second kappa shape index (κ2) is 9.33. The number of carbonyl (C=O) groups excluding carboxylic acids is 1. The van der Waals surface area contributed by atoms with Gasteiger partial charge in [-0.3, -0.25) is 9.78 Å². The number of aromatic nitrogens is 1. The molecule has 0 atom stereocenters. The number of ether oxygens (including phenoxy) is 2. The van der Waals surface area contributed by atoms with Gasteiger partial charge in [0.1, 0.15) is 0 Å². The van der Waals surface area contributed by atoms with Crippen LogP contribution in [-0.4, -0.2) is 50.6 Å². The van der Waals surface area contributed by atoms with Gasteiger partial charge in [0, 0.05) is 12.7 Å². The van der Waals surface area contributed by atoms with E-state index in [9.17, 15) is 13.2 Å². The maximum absolute atomic E-state index is 12.2. The fourth-order valence-electron chi connectivity index (χ4n) is 2.38. The van der Waals surface area contributed by atoms with Crippen LogP contribution in [0.5, 0.6) is 11.5 Å². The Labute approximate surface area is 159 Å². The molecule has 0 aliphatic carbocycles. The molecule has 1 aromatic heterocycles. The van der Waals surface area contributed by atoms with Crippen molar-refractivity contribution in [2.75, 3.05) is 27.0 Å². The first-order chi connectivity index (χ1) is 12.8. The average Bonchev–Trinajstić information content (AvgIpc) is 2.65. The zero-order chi connectivity index (χ0) is 19.9. The van der Waals surface area contributed by atoms with Crippen LogP contribution in [0.3, 0.4) is 0 Å². The second-order valence-electron chi connectivity index (χ2n) is 5.82. The number of nitrogens with one attached hydrogen (secondary N) is 1. The molecule has 0 saturated carbocycles. The second-order valence-corrected chi connectivity index (χ2v) is 7.80. The number of carbonyl (C=O) groups is 1. The summed E-state index contributed by atoms with van der Waals surface area (Å²) in [6.07, 6.45) is 2.70. The first-order valence-electron chi connectivity index (χ1n) is 8.16. The predicted molar refractivity (Wildman–Crippen MR) is 101 cm³/mol. The molecule has 2 aromatic rings. The van der Waals surface area contributed by atoms with E-state index in [-0.39, 0.29) is 19.6 Å². The van der Waals surface area contributed by atoms with Crippen molar-refractivity contribution >= 4 is 15.9 Å². The van der Waals surface area contributed by atoms with Crippen LogP contribution in [0.1, 0.15) is 11.3 Å². The zero-order valence-corrected chi connectivity index (χ0v) is 16.3. The van der Waals surface area contributed by atoms with E-state index in [1.54, 1.807) is 36.5 Å². The van der Waals surface area contributed by atoms with Crippen molar-refractivity contribution in [3.63, 3.8) is 0 Å². The standard InChI is InChI=1S/C18H23N3O5S/c1-25-16-8-7-14(10-17(16)26-2)12-21(27(3,23)24)13-18(22)20-11-15-6-4-5-9-19-15/h4-10H,11-13H2,1-3H3,(H,20,22). The molecule has 8 nitrogen and oxygen atoms in total. The number of rotatable bonds is 9. The van der Waals surface area contributed by atoms with Crippen LogP contribution < -0.4 is 14.8 Å². The third-order valence-corrected chi connectivity index (χ3v) is 4.98. The molecule has 0 spiro atoms. The van der Waals surface area contributed by atoms with Crippen LogP contribution >= 0.6 is 0 Å². The molecule has 0 fully saturated rings. The molecular formula is C18H23N3O5S. The largest absolute Gasteiger partial charge is 0.493 e. The maximum atomic E-state index is 12.2. The van der Waals surface area contributed by atoms with Gasteiger partial charge in [-0.2, -0.15) is 4.31 Å². The molecule has 0 aliphatic rings. The molecule has 0 radical (unpaired) electrons. The van der Waals surface area contributed by atoms with E-state index in [4.69, 9.17) is 9.47 Å². The number of nitrogens with zero attached hydrogens (tertiary/aromatic N) is 2. The normalized spacial score (nSPS) is 11.3. The Morgan fingerprint density at radius 2 is 1.89 bits per heavy atom. The monoisotopic (exact) mass is 393 g/mol. The van der Waals surface area contributed by atoms with Crippen molar-refractivity contribution < 1.29 is 22.7 Å². The Hall–Kier alpha value is -2.65. The summed E-state index contributed by atoms with van der Waals surface area (Å²) in [5.74, 6) is 0.620. The van der Waals surface area contributed by atoms with Gasteiger partial charge in [-0.05, 0) is 29.8 Å². The summed E-state index contributed by atoms with van der Waals surface area (Å²) in [7, 11) is -0.570. The van der Waals surface area contributed by atoms with Crippen LogP contribution in [0, 0.1) is 0 Å². The number of methoxy groups -OCH3 is 2. The lowest BCUT2D eigenvalue weighted by Crippen LogP contribution is -2.39. The summed E-state index contributed by atoms with van der Waals surface area (Å²) in [4.78, 5) is 16.3. The van der Waals surface area contributed by atoms with Gasteiger partial charge in [-0.25, -0.2) is 8.42 Å². The van der Waals surface area contributed by atoms with Gasteiger partial charge < -0.3 is 14.8 Å². The molecule has 0 bridgehead atoms. The lowest BCUT2D eigenvalue weighted by Gasteiger charge is -2.20. The number of hydrogen-bond donors (Lipinski definition) is 1. The Bertz CT molecular complexity index is 872. The highest BCUT2D eigenvalue weighted by Crippen LogP contribution is 2.28. The molecule has 1 aromatic carbocycles. The lowest BCUT2D eigenvalue weighted by molar-refractivity contribution is -0.121. The lowest BCUT2D eigenvalue weighted by atomic mass is 10.2. The molecule has 2 rings (SSSR count). The topological polar surface area (TPSA) is 97.8 Å². The van der Waals surface area contributed by atoms with E-state index < -0.39 is 15.9 Å². The van der Waals surface area contributed by atoms with Crippen LogP contribution in [0.2, 0.25) is 0 Å². The molecule has 27 heavy (non-hydrogen) atoms. The Balaban J connectivity index is 2.06. The number of sulfonamides is 1. The van der Waals surface area contributed by atoms with Crippen molar-refractivity contribution in [1.29, 1.82) is 0 Å². The van der Waals surface area contributed by atoms with Crippen LogP contribution in [0.4, 0.5) is 0 Å². The zero-order valence-electron chi connectivity index (χ0n) is 15.5. The third-order valence-electron chi connectivity index (χ3n) is 3.79. The Morgan fingerprint density at radius 1 is 1.15 bits per heavy atom. The van der Waals surface area contributed by atoms with Gasteiger partial charge in [0.2, 0.25) is 15.9 Å². The van der Waals surface area contributed by atoms with Gasteiger partial charge in [-0.15, -0.1) is 0 Å². The summed E-state index contributed by atoms with van der Waals surface area (Å²) >= 11 is 0. The summed E-state index contributed by atoms with van der Waals surface area (Å²) in [6.45, 7) is -0.0240. The predicted octanol–water partition coefficient (Wildman–Crippen LogP) is 1.18. The van der Waals surface area contributed by atoms with Crippen molar-refractivity contribution in [1.82, 2.24) is 14.6 Å². The summed E-state index contributed by atoms with van der Waals surface area (Å²) in [5.41, 5.74) is 1.37. The van der Waals surface area contributed by atoms with Crippen LogP contribution in [-0.2, 0) is 27.9 Å². The minimum atomic E-state index is -3.59. The molecular weight excluding hydrogens is 370 g/mol. The van der Waals surface area contributed by atoms with Crippen LogP contribution in [0.25, 0.3) is 0 Å². The van der Waals surface area contributed by atoms with E-state index in [1.165, 1.54) is 14.2 Å². The average molecular weight is 393 g/mol. The fourth-order valence-corrected chi connectivity index (χ4v) is 3.12. The van der Waals surface area contributed by atoms with E-state index in [0.717, 1.165) is 10.6 Å². The van der Waals surface area contributed by atoms with Gasteiger partial charge in [0.15, 0.2) is 11.5 Å². The fraction of sp³-hybridized carbons (Fsp3) is 0.333. The quantitative estimate of drug-likeness (QED) is 0.687. The molecule has 1 amide bonds. The maximum Gasteiger partial charge on any atom is 0.235 e. The highest BCUT2D eigenvalue weighted by molar-refractivity contribution is 7.88. The summed E-state index contributed by atoms with van der Waals surface area (Å²) in [6, 6.07) is 10.5. The van der Waals surface area contributed by atoms with Crippen molar-refractivity contribution in [3.05, 3.63) is 53.9 Å². The highest BCUT2D eigenvalue weighted by atomic mass is 32.2. The van der Waals surface area contributed by atoms with Gasteiger partial charge in [0.05, 0.1) is 39.3 Å². The van der Waals surface area contributed by atoms with Crippen molar-refractivity contribution in [3.8, 4) is 11.5 Å². The molecule has 1 N–H and O–H groups in total. The molecule has 0 aliphatic heterocycles. The van der Waals surface area contributed by atoms with E-state index in [1.807, 2.05) is 6.07 Å². The number of amides is 1. The molecule has 146 valence electrons. The highest BCUT2D eigenvalue weighted by Gasteiger charge is 2.21. The first kappa shape index (κ1) is 20.7. The van der Waals surface area contributed by atoms with Gasteiger partial charge in [-0.1, -0.05) is 12.1 Å². The Morgan fingerprint density at radius 3 is 2.48 bits per heavy atom. The Kier molecular flexibility index (Phi) is 7.14. The van der Waals surface area contributed by atoms with Gasteiger partial charge >= 0.3 is 0 Å². The van der Waals surface area contributed by atoms with E-state index in [0.29, 0.717) is 22.8 Å². The number of hydrogen-bond acceptors (Lipinski definition) is 6. The summed E-state index contributed by atoms with van der Waals surface area (Å²) < 4.78 is 35.7. The van der Waals surface area contributed by atoms with Crippen molar-refractivity contribution in [2.24, 2.45) is 0 Å².